The largest absolute Gasteiger partial charge is 0.331 e. The van der Waals surface area contributed by atoms with Gasteiger partial charge in [0.25, 0.3) is 0 Å². The third-order valence-corrected chi connectivity index (χ3v) is 3.30. The molecule has 5 heteroatoms. The Hall–Kier alpha value is -1.49. The average Bonchev–Trinajstić information content (AvgIpc) is 2.36. The first-order valence-corrected chi connectivity index (χ1v) is 6.43. The highest BCUT2D eigenvalue weighted by Gasteiger charge is 2.29. The van der Waals surface area contributed by atoms with Crippen LogP contribution in [-0.4, -0.2) is 33.9 Å². The number of hydrogen-bond acceptors (Lipinski definition) is 4. The van der Waals surface area contributed by atoms with E-state index in [4.69, 9.17) is 5.73 Å². The van der Waals surface area contributed by atoms with Gasteiger partial charge in [-0.25, -0.2) is 9.97 Å². The molecule has 1 atom stereocenters. The molecule has 0 aromatic carbocycles. The standard InChI is InChI=1S/C13H20N4O/c1-9-7-10(2)16-13(15-9)11-5-3-4-6-17(11)12(18)8-14/h7,11H,3-6,8,14H2,1-2H3/t11-/m0/s1. The zero-order chi connectivity index (χ0) is 13.1. The van der Waals surface area contributed by atoms with E-state index in [9.17, 15) is 4.79 Å². The maximum Gasteiger partial charge on any atom is 0.236 e. The van der Waals surface area contributed by atoms with E-state index in [1.807, 2.05) is 24.8 Å². The fourth-order valence-electron chi connectivity index (χ4n) is 2.52. The molecule has 1 amide bonds. The molecule has 18 heavy (non-hydrogen) atoms. The lowest BCUT2D eigenvalue weighted by molar-refractivity contribution is -0.133. The predicted octanol–water partition coefficient (Wildman–Crippen LogP) is 1.11. The average molecular weight is 248 g/mol. The van der Waals surface area contributed by atoms with Crippen LogP contribution in [0.25, 0.3) is 0 Å². The lowest BCUT2D eigenvalue weighted by Crippen LogP contribution is -2.42. The van der Waals surface area contributed by atoms with Crippen LogP contribution in [0.4, 0.5) is 0 Å². The molecule has 98 valence electrons. The number of aryl methyl sites for hydroxylation is 2. The Kier molecular flexibility index (Phi) is 3.91. The zero-order valence-corrected chi connectivity index (χ0v) is 11.0. The van der Waals surface area contributed by atoms with E-state index in [0.717, 1.165) is 43.0 Å². The minimum atomic E-state index is -0.0116. The summed E-state index contributed by atoms with van der Waals surface area (Å²) < 4.78 is 0. The van der Waals surface area contributed by atoms with Gasteiger partial charge < -0.3 is 10.6 Å². The Morgan fingerprint density at radius 3 is 2.67 bits per heavy atom. The van der Waals surface area contributed by atoms with Gasteiger partial charge in [0, 0.05) is 17.9 Å². The van der Waals surface area contributed by atoms with E-state index in [1.54, 1.807) is 0 Å². The summed E-state index contributed by atoms with van der Waals surface area (Å²) in [6.07, 6.45) is 3.07. The van der Waals surface area contributed by atoms with Crippen molar-refractivity contribution in [3.8, 4) is 0 Å². The summed E-state index contributed by atoms with van der Waals surface area (Å²) in [5.74, 6) is 0.747. The summed E-state index contributed by atoms with van der Waals surface area (Å²) in [6, 6.07) is 1.94. The first-order chi connectivity index (χ1) is 8.61. The Morgan fingerprint density at radius 2 is 2.06 bits per heavy atom. The topological polar surface area (TPSA) is 72.1 Å². The summed E-state index contributed by atoms with van der Waals surface area (Å²) in [5, 5.41) is 0. The summed E-state index contributed by atoms with van der Waals surface area (Å²) >= 11 is 0. The van der Waals surface area contributed by atoms with Gasteiger partial charge >= 0.3 is 0 Å². The molecule has 1 aliphatic rings. The zero-order valence-electron chi connectivity index (χ0n) is 11.0. The van der Waals surface area contributed by atoms with Gasteiger partial charge in [0.1, 0.15) is 0 Å². The molecule has 2 rings (SSSR count). The summed E-state index contributed by atoms with van der Waals surface area (Å²) in [5.41, 5.74) is 7.37. The molecule has 0 bridgehead atoms. The van der Waals surface area contributed by atoms with Crippen molar-refractivity contribution in [2.75, 3.05) is 13.1 Å². The van der Waals surface area contributed by atoms with E-state index in [-0.39, 0.29) is 18.5 Å². The molecule has 5 nitrogen and oxygen atoms in total. The van der Waals surface area contributed by atoms with Gasteiger partial charge in [-0.3, -0.25) is 4.79 Å². The number of nitrogens with two attached hydrogens (primary N) is 1. The van der Waals surface area contributed by atoms with Crippen LogP contribution in [-0.2, 0) is 4.79 Å². The maximum atomic E-state index is 11.9. The summed E-state index contributed by atoms with van der Waals surface area (Å²) in [6.45, 7) is 4.73. The Bertz CT molecular complexity index is 426. The molecule has 0 aliphatic carbocycles. The Morgan fingerprint density at radius 1 is 1.39 bits per heavy atom. The molecule has 0 unspecified atom stereocenters. The van der Waals surface area contributed by atoms with Crippen molar-refractivity contribution < 1.29 is 4.79 Å². The van der Waals surface area contributed by atoms with E-state index in [2.05, 4.69) is 9.97 Å². The van der Waals surface area contributed by atoms with Gasteiger partial charge in [-0.05, 0) is 39.2 Å². The normalized spacial score (nSPS) is 19.9. The van der Waals surface area contributed by atoms with Crippen molar-refractivity contribution in [3.63, 3.8) is 0 Å². The number of piperidine rings is 1. The van der Waals surface area contributed by atoms with Gasteiger partial charge in [-0.1, -0.05) is 0 Å². The molecular formula is C13H20N4O. The van der Waals surface area contributed by atoms with Crippen LogP contribution < -0.4 is 5.73 Å². The molecule has 2 heterocycles. The second-order valence-electron chi connectivity index (χ2n) is 4.81. The number of hydrogen-bond donors (Lipinski definition) is 1. The Labute approximate surface area is 107 Å². The molecule has 1 saturated heterocycles. The molecule has 1 aromatic heterocycles. The number of amides is 1. The van der Waals surface area contributed by atoms with Crippen molar-refractivity contribution in [2.24, 2.45) is 5.73 Å². The Balaban J connectivity index is 2.30. The van der Waals surface area contributed by atoms with Crippen LogP contribution in [0.2, 0.25) is 0 Å². The second-order valence-corrected chi connectivity index (χ2v) is 4.81. The lowest BCUT2D eigenvalue weighted by Gasteiger charge is -2.34. The molecule has 1 aliphatic heterocycles. The van der Waals surface area contributed by atoms with Gasteiger partial charge in [0.2, 0.25) is 5.91 Å². The molecule has 1 fully saturated rings. The van der Waals surface area contributed by atoms with Gasteiger partial charge in [0.15, 0.2) is 5.82 Å². The third kappa shape index (κ3) is 2.67. The van der Waals surface area contributed by atoms with E-state index in [0.29, 0.717) is 0 Å². The molecule has 2 N–H and O–H groups in total. The maximum absolute atomic E-state index is 11.9. The molecule has 1 aromatic rings. The van der Waals surface area contributed by atoms with Gasteiger partial charge in [-0.15, -0.1) is 0 Å². The fraction of sp³-hybridized carbons (Fsp3) is 0.615. The highest BCUT2D eigenvalue weighted by Crippen LogP contribution is 2.28. The first kappa shape index (κ1) is 13.0. The number of carbonyl (C=O) groups is 1. The van der Waals surface area contributed by atoms with Crippen molar-refractivity contribution >= 4 is 5.91 Å². The molecular weight excluding hydrogens is 228 g/mol. The van der Waals surface area contributed by atoms with Crippen LogP contribution in [0.3, 0.4) is 0 Å². The van der Waals surface area contributed by atoms with E-state index in [1.165, 1.54) is 0 Å². The number of carbonyl (C=O) groups excluding carboxylic acids is 1. The van der Waals surface area contributed by atoms with Crippen molar-refractivity contribution in [1.82, 2.24) is 14.9 Å². The number of rotatable bonds is 2. The number of aromatic nitrogens is 2. The number of likely N-dealkylation sites (tertiary alicyclic amines) is 1. The molecule has 0 saturated carbocycles. The quantitative estimate of drug-likeness (QED) is 0.851. The van der Waals surface area contributed by atoms with Crippen LogP contribution >= 0.6 is 0 Å². The lowest BCUT2D eigenvalue weighted by atomic mass is 10.0. The van der Waals surface area contributed by atoms with Crippen LogP contribution in [0.15, 0.2) is 6.07 Å². The minimum Gasteiger partial charge on any atom is -0.331 e. The van der Waals surface area contributed by atoms with Crippen LogP contribution in [0, 0.1) is 13.8 Å². The first-order valence-electron chi connectivity index (χ1n) is 6.43. The van der Waals surface area contributed by atoms with Crippen molar-refractivity contribution in [1.29, 1.82) is 0 Å². The van der Waals surface area contributed by atoms with Crippen LogP contribution in [0.5, 0.6) is 0 Å². The molecule has 0 spiro atoms. The van der Waals surface area contributed by atoms with Crippen molar-refractivity contribution in [3.05, 3.63) is 23.3 Å². The number of nitrogens with zero attached hydrogens (tertiary/aromatic N) is 3. The van der Waals surface area contributed by atoms with Gasteiger partial charge in [-0.2, -0.15) is 0 Å². The van der Waals surface area contributed by atoms with Crippen molar-refractivity contribution in [2.45, 2.75) is 39.2 Å². The minimum absolute atomic E-state index is 0.00611. The molecule has 0 radical (unpaired) electrons. The second kappa shape index (κ2) is 5.44. The highest BCUT2D eigenvalue weighted by molar-refractivity contribution is 5.78. The third-order valence-electron chi connectivity index (χ3n) is 3.30. The predicted molar refractivity (Wildman–Crippen MR) is 68.9 cm³/mol. The fourth-order valence-corrected chi connectivity index (χ4v) is 2.52. The summed E-state index contributed by atoms with van der Waals surface area (Å²) in [7, 11) is 0. The smallest absolute Gasteiger partial charge is 0.236 e. The SMILES string of the molecule is Cc1cc(C)nc([C@@H]2CCCCN2C(=O)CN)n1. The van der Waals surface area contributed by atoms with E-state index < -0.39 is 0 Å². The monoisotopic (exact) mass is 248 g/mol. The highest BCUT2D eigenvalue weighted by atomic mass is 16.2. The summed E-state index contributed by atoms with van der Waals surface area (Å²) in [4.78, 5) is 22.7. The van der Waals surface area contributed by atoms with Gasteiger partial charge in [0.05, 0.1) is 12.6 Å². The van der Waals surface area contributed by atoms with E-state index >= 15 is 0 Å². The van der Waals surface area contributed by atoms with Crippen LogP contribution in [0.1, 0.15) is 42.5 Å².